The Balaban J connectivity index is 1.72. The van der Waals surface area contributed by atoms with Crippen LogP contribution in [0.1, 0.15) is 16.7 Å². The van der Waals surface area contributed by atoms with Crippen molar-refractivity contribution in [3.63, 3.8) is 0 Å². The lowest BCUT2D eigenvalue weighted by Crippen LogP contribution is -2.44. The van der Waals surface area contributed by atoms with E-state index in [2.05, 4.69) is 27.8 Å². The van der Waals surface area contributed by atoms with Crippen LogP contribution in [0.2, 0.25) is 0 Å². The SMILES string of the molecule is Cc1cccnc1NC(=O)[C@H]1Cc2ccccc2CN1. The Labute approximate surface area is 118 Å². The molecule has 0 unspecified atom stereocenters. The lowest BCUT2D eigenvalue weighted by atomic mass is 9.95. The van der Waals surface area contributed by atoms with Crippen LogP contribution in [0.3, 0.4) is 0 Å². The predicted molar refractivity (Wildman–Crippen MR) is 78.4 cm³/mol. The number of aryl methyl sites for hydroxylation is 1. The van der Waals surface area contributed by atoms with Crippen molar-refractivity contribution in [1.82, 2.24) is 10.3 Å². The molecular weight excluding hydrogens is 250 g/mol. The third-order valence-electron chi connectivity index (χ3n) is 3.65. The first-order valence-electron chi connectivity index (χ1n) is 6.76. The number of aromatic nitrogens is 1. The van der Waals surface area contributed by atoms with E-state index in [1.165, 1.54) is 11.1 Å². The lowest BCUT2D eigenvalue weighted by molar-refractivity contribution is -0.118. The second kappa shape index (κ2) is 5.43. The van der Waals surface area contributed by atoms with Crippen LogP contribution >= 0.6 is 0 Å². The average Bonchev–Trinajstić information content (AvgIpc) is 2.49. The third-order valence-corrected chi connectivity index (χ3v) is 3.65. The Kier molecular flexibility index (Phi) is 3.48. The number of pyridine rings is 1. The highest BCUT2D eigenvalue weighted by Gasteiger charge is 2.24. The summed E-state index contributed by atoms with van der Waals surface area (Å²) >= 11 is 0. The molecule has 2 N–H and O–H groups in total. The van der Waals surface area contributed by atoms with Crippen molar-refractivity contribution >= 4 is 11.7 Å². The molecule has 102 valence electrons. The Hall–Kier alpha value is -2.20. The monoisotopic (exact) mass is 267 g/mol. The number of carbonyl (C=O) groups is 1. The lowest BCUT2D eigenvalue weighted by Gasteiger charge is -2.25. The van der Waals surface area contributed by atoms with E-state index < -0.39 is 0 Å². The fourth-order valence-corrected chi connectivity index (χ4v) is 2.46. The molecule has 4 heteroatoms. The molecule has 0 bridgehead atoms. The zero-order chi connectivity index (χ0) is 13.9. The normalized spacial score (nSPS) is 17.4. The summed E-state index contributed by atoms with van der Waals surface area (Å²) in [6.45, 7) is 2.67. The van der Waals surface area contributed by atoms with Gasteiger partial charge in [0.05, 0.1) is 6.04 Å². The van der Waals surface area contributed by atoms with E-state index in [1.54, 1.807) is 6.20 Å². The van der Waals surface area contributed by atoms with E-state index >= 15 is 0 Å². The number of rotatable bonds is 2. The molecule has 0 spiro atoms. The van der Waals surface area contributed by atoms with Crippen molar-refractivity contribution < 1.29 is 4.79 Å². The molecule has 0 saturated heterocycles. The number of benzene rings is 1. The summed E-state index contributed by atoms with van der Waals surface area (Å²) < 4.78 is 0. The Morgan fingerprint density at radius 2 is 2.05 bits per heavy atom. The van der Waals surface area contributed by atoms with E-state index in [1.807, 2.05) is 31.2 Å². The van der Waals surface area contributed by atoms with E-state index in [0.29, 0.717) is 12.2 Å². The van der Waals surface area contributed by atoms with Gasteiger partial charge in [0.1, 0.15) is 5.82 Å². The fraction of sp³-hybridized carbons (Fsp3) is 0.250. The summed E-state index contributed by atoms with van der Waals surface area (Å²) in [5.41, 5.74) is 3.48. The maximum absolute atomic E-state index is 12.3. The van der Waals surface area contributed by atoms with Crippen LogP contribution in [0.25, 0.3) is 0 Å². The van der Waals surface area contributed by atoms with Crippen LogP contribution < -0.4 is 10.6 Å². The molecule has 1 aromatic carbocycles. The molecule has 1 atom stereocenters. The molecule has 2 aromatic rings. The maximum atomic E-state index is 12.3. The summed E-state index contributed by atoms with van der Waals surface area (Å²) in [7, 11) is 0. The second-order valence-electron chi connectivity index (χ2n) is 5.06. The molecule has 2 heterocycles. The molecule has 0 fully saturated rings. The minimum atomic E-state index is -0.202. The standard InChI is InChI=1S/C16H17N3O/c1-11-5-4-8-17-15(11)19-16(20)14-9-12-6-2-3-7-13(12)10-18-14/h2-8,14,18H,9-10H2,1H3,(H,17,19,20)/t14-/m1/s1. The number of fused-ring (bicyclic) bond motifs is 1. The topological polar surface area (TPSA) is 54.0 Å². The van der Waals surface area contributed by atoms with Gasteiger partial charge in [-0.3, -0.25) is 4.79 Å². The maximum Gasteiger partial charge on any atom is 0.243 e. The van der Waals surface area contributed by atoms with Crippen LogP contribution in [0.5, 0.6) is 0 Å². The summed E-state index contributed by atoms with van der Waals surface area (Å²) in [6.07, 6.45) is 2.40. The first-order valence-corrected chi connectivity index (χ1v) is 6.76. The predicted octanol–water partition coefficient (Wildman–Crippen LogP) is 2.04. The summed E-state index contributed by atoms with van der Waals surface area (Å²) in [5.74, 6) is 0.611. The summed E-state index contributed by atoms with van der Waals surface area (Å²) in [6, 6.07) is 11.8. The minimum absolute atomic E-state index is 0.0266. The van der Waals surface area contributed by atoms with Gasteiger partial charge in [0.2, 0.25) is 5.91 Å². The van der Waals surface area contributed by atoms with Gasteiger partial charge in [0, 0.05) is 12.7 Å². The average molecular weight is 267 g/mol. The summed E-state index contributed by atoms with van der Waals surface area (Å²) in [5, 5.41) is 6.17. The molecule has 0 saturated carbocycles. The first kappa shape index (κ1) is 12.8. The Bertz CT molecular complexity index is 639. The fourth-order valence-electron chi connectivity index (χ4n) is 2.46. The van der Waals surface area contributed by atoms with Gasteiger partial charge in [-0.1, -0.05) is 30.3 Å². The second-order valence-corrected chi connectivity index (χ2v) is 5.06. The number of hydrogen-bond acceptors (Lipinski definition) is 3. The van der Waals surface area contributed by atoms with Gasteiger partial charge >= 0.3 is 0 Å². The molecule has 3 rings (SSSR count). The molecule has 1 aliphatic rings. The zero-order valence-electron chi connectivity index (χ0n) is 11.4. The minimum Gasteiger partial charge on any atom is -0.309 e. The van der Waals surface area contributed by atoms with Crippen molar-refractivity contribution in [2.24, 2.45) is 0 Å². The van der Waals surface area contributed by atoms with Gasteiger partial charge in [0.15, 0.2) is 0 Å². The highest BCUT2D eigenvalue weighted by Crippen LogP contribution is 2.17. The largest absolute Gasteiger partial charge is 0.309 e. The molecule has 1 aromatic heterocycles. The van der Waals surface area contributed by atoms with Gasteiger partial charge in [-0.2, -0.15) is 0 Å². The molecule has 4 nitrogen and oxygen atoms in total. The molecule has 20 heavy (non-hydrogen) atoms. The number of amides is 1. The molecule has 0 radical (unpaired) electrons. The van der Waals surface area contributed by atoms with E-state index in [9.17, 15) is 4.79 Å². The number of nitrogens with zero attached hydrogens (tertiary/aromatic N) is 1. The van der Waals surface area contributed by atoms with Crippen LogP contribution in [0, 0.1) is 6.92 Å². The van der Waals surface area contributed by atoms with E-state index in [-0.39, 0.29) is 11.9 Å². The zero-order valence-corrected chi connectivity index (χ0v) is 11.4. The highest BCUT2D eigenvalue weighted by atomic mass is 16.2. The van der Waals surface area contributed by atoms with Crippen LogP contribution in [-0.2, 0) is 17.8 Å². The van der Waals surface area contributed by atoms with Crippen LogP contribution in [-0.4, -0.2) is 16.9 Å². The number of anilines is 1. The number of hydrogen-bond donors (Lipinski definition) is 2. The quantitative estimate of drug-likeness (QED) is 0.875. The van der Waals surface area contributed by atoms with Crippen molar-refractivity contribution in [1.29, 1.82) is 0 Å². The van der Waals surface area contributed by atoms with Crippen molar-refractivity contribution in [3.05, 3.63) is 59.3 Å². The Morgan fingerprint density at radius 1 is 1.25 bits per heavy atom. The number of nitrogens with one attached hydrogen (secondary N) is 2. The van der Waals surface area contributed by atoms with E-state index in [0.717, 1.165) is 12.1 Å². The van der Waals surface area contributed by atoms with Crippen LogP contribution in [0.4, 0.5) is 5.82 Å². The van der Waals surface area contributed by atoms with Gasteiger partial charge in [-0.25, -0.2) is 4.98 Å². The molecule has 0 aliphatic carbocycles. The smallest absolute Gasteiger partial charge is 0.243 e. The van der Waals surface area contributed by atoms with Gasteiger partial charge in [0.25, 0.3) is 0 Å². The Morgan fingerprint density at radius 3 is 2.85 bits per heavy atom. The highest BCUT2D eigenvalue weighted by molar-refractivity contribution is 5.94. The molecular formula is C16H17N3O. The first-order chi connectivity index (χ1) is 9.74. The van der Waals surface area contributed by atoms with Crippen LogP contribution in [0.15, 0.2) is 42.6 Å². The summed E-state index contributed by atoms with van der Waals surface area (Å²) in [4.78, 5) is 16.5. The van der Waals surface area contributed by atoms with Crippen molar-refractivity contribution in [2.75, 3.05) is 5.32 Å². The molecule has 1 amide bonds. The van der Waals surface area contributed by atoms with Crippen molar-refractivity contribution in [3.8, 4) is 0 Å². The van der Waals surface area contributed by atoms with Crippen molar-refractivity contribution in [2.45, 2.75) is 25.9 Å². The van der Waals surface area contributed by atoms with Gasteiger partial charge in [-0.05, 0) is 36.1 Å². The van der Waals surface area contributed by atoms with Gasteiger partial charge in [-0.15, -0.1) is 0 Å². The number of carbonyl (C=O) groups excluding carboxylic acids is 1. The molecule has 1 aliphatic heterocycles. The van der Waals surface area contributed by atoms with Gasteiger partial charge < -0.3 is 10.6 Å². The van der Waals surface area contributed by atoms with E-state index in [4.69, 9.17) is 0 Å². The third kappa shape index (κ3) is 2.56.